The molecular weight excluding hydrogens is 693 g/mol. The van der Waals surface area contributed by atoms with Crippen molar-refractivity contribution in [3.05, 3.63) is 206 Å². The first-order valence-electron chi connectivity index (χ1n) is 19.3. The van der Waals surface area contributed by atoms with E-state index in [4.69, 9.17) is 15.1 Å². The fourth-order valence-corrected chi connectivity index (χ4v) is 8.15. The Balaban J connectivity index is 0.973. The molecule has 0 unspecified atom stereocenters. The molecule has 0 bridgehead atoms. The minimum atomic E-state index is 0.910. The molecule has 0 saturated carbocycles. The van der Waals surface area contributed by atoms with Crippen molar-refractivity contribution in [3.63, 3.8) is 0 Å². The molecule has 4 nitrogen and oxygen atoms in total. The van der Waals surface area contributed by atoms with Gasteiger partial charge in [0.15, 0.2) is 0 Å². The van der Waals surface area contributed by atoms with Gasteiger partial charge in [-0.25, -0.2) is 14.6 Å². The second-order valence-electron chi connectivity index (χ2n) is 14.5. The molecule has 4 heteroatoms. The van der Waals surface area contributed by atoms with Crippen LogP contribution in [0.25, 0.3) is 105 Å². The molecule has 0 fully saturated rings. The van der Waals surface area contributed by atoms with E-state index in [1.807, 2.05) is 18.2 Å². The maximum atomic E-state index is 5.38. The number of rotatable bonds is 6. The number of benzene rings is 8. The van der Waals surface area contributed by atoms with Gasteiger partial charge in [-0.2, -0.15) is 5.10 Å². The summed E-state index contributed by atoms with van der Waals surface area (Å²) in [5.41, 5.74) is 14.6. The molecule has 0 spiro atoms. The summed E-state index contributed by atoms with van der Waals surface area (Å²) in [7, 11) is 0. The number of hydrogen-bond acceptors (Lipinski definition) is 3. The minimum Gasteiger partial charge on any atom is -0.245 e. The molecule has 0 atom stereocenters. The van der Waals surface area contributed by atoms with Crippen molar-refractivity contribution in [1.82, 2.24) is 19.7 Å². The fourth-order valence-electron chi connectivity index (χ4n) is 8.15. The fraction of sp³-hybridized carbons (Fsp3) is 0. The van der Waals surface area contributed by atoms with Gasteiger partial charge >= 0.3 is 0 Å². The topological polar surface area (TPSA) is 43.6 Å². The van der Waals surface area contributed by atoms with Crippen molar-refractivity contribution in [1.29, 1.82) is 0 Å². The van der Waals surface area contributed by atoms with Crippen LogP contribution < -0.4 is 0 Å². The molecule has 8 aromatic carbocycles. The molecule has 266 valence electrons. The molecule has 0 amide bonds. The Morgan fingerprint density at radius 2 is 0.825 bits per heavy atom. The van der Waals surface area contributed by atoms with Crippen LogP contribution in [0.5, 0.6) is 0 Å². The third-order valence-electron chi connectivity index (χ3n) is 11.0. The van der Waals surface area contributed by atoms with Gasteiger partial charge < -0.3 is 0 Å². The first-order valence-corrected chi connectivity index (χ1v) is 19.3. The van der Waals surface area contributed by atoms with E-state index in [-0.39, 0.29) is 0 Å². The van der Waals surface area contributed by atoms with Crippen LogP contribution in [0.4, 0.5) is 0 Å². The van der Waals surface area contributed by atoms with E-state index in [0.717, 1.165) is 83.3 Å². The van der Waals surface area contributed by atoms with Crippen molar-refractivity contribution >= 4 is 43.5 Å². The molecule has 3 heterocycles. The average molecular weight is 727 g/mol. The van der Waals surface area contributed by atoms with Gasteiger partial charge in [-0.1, -0.05) is 176 Å². The van der Waals surface area contributed by atoms with Crippen LogP contribution in [0, 0.1) is 0 Å². The Morgan fingerprint density at radius 1 is 0.351 bits per heavy atom. The lowest BCUT2D eigenvalue weighted by molar-refractivity contribution is 0.918. The van der Waals surface area contributed by atoms with E-state index < -0.39 is 0 Å². The van der Waals surface area contributed by atoms with Gasteiger partial charge in [-0.15, -0.1) is 0 Å². The van der Waals surface area contributed by atoms with Crippen molar-refractivity contribution in [2.75, 3.05) is 0 Å². The van der Waals surface area contributed by atoms with Crippen LogP contribution in [0.3, 0.4) is 0 Å². The standard InChI is InChI=1S/C53H34N4/c1-4-12-37(13-5-1)46-34-43-18-10-11-19-45(43)53-49(46)50(40-16-8-3-9-17-40)56-57(53)44-30-26-36(27-31-44)35-20-22-39(23-21-35)48-33-29-42-25-24-41-28-32-47(38-14-6-2-7-15-38)54-51(41)52(42)55-48/h1-34H. The molecular formula is C53H34N4. The molecule has 11 rings (SSSR count). The minimum absolute atomic E-state index is 0.910. The average Bonchev–Trinajstić information content (AvgIpc) is 3.70. The van der Waals surface area contributed by atoms with Gasteiger partial charge in [0.05, 0.1) is 33.6 Å². The largest absolute Gasteiger partial charge is 0.245 e. The lowest BCUT2D eigenvalue weighted by Crippen LogP contribution is -1.97. The molecule has 0 saturated heterocycles. The quantitative estimate of drug-likeness (QED) is 0.160. The summed E-state index contributed by atoms with van der Waals surface area (Å²) in [5, 5.41) is 11.0. The molecule has 0 N–H and O–H groups in total. The summed E-state index contributed by atoms with van der Waals surface area (Å²) in [6, 6.07) is 72.6. The Morgan fingerprint density at radius 3 is 1.44 bits per heavy atom. The number of hydrogen-bond donors (Lipinski definition) is 0. The van der Waals surface area contributed by atoms with Crippen LogP contribution in [0.2, 0.25) is 0 Å². The van der Waals surface area contributed by atoms with Gasteiger partial charge in [0.1, 0.15) is 5.69 Å². The molecule has 0 aliphatic heterocycles. The molecule has 3 aromatic heterocycles. The number of aromatic nitrogens is 4. The lowest BCUT2D eigenvalue weighted by atomic mass is 9.94. The highest BCUT2D eigenvalue weighted by Crippen LogP contribution is 2.42. The maximum Gasteiger partial charge on any atom is 0.101 e. The molecule has 0 radical (unpaired) electrons. The highest BCUT2D eigenvalue weighted by Gasteiger charge is 2.21. The van der Waals surface area contributed by atoms with Crippen molar-refractivity contribution in [3.8, 4) is 61.7 Å². The van der Waals surface area contributed by atoms with E-state index in [1.165, 1.54) is 21.9 Å². The monoisotopic (exact) mass is 726 g/mol. The van der Waals surface area contributed by atoms with Gasteiger partial charge in [-0.3, -0.25) is 0 Å². The summed E-state index contributed by atoms with van der Waals surface area (Å²) in [4.78, 5) is 10.3. The van der Waals surface area contributed by atoms with Crippen LogP contribution in [0.15, 0.2) is 206 Å². The molecule has 0 aliphatic rings. The van der Waals surface area contributed by atoms with E-state index in [9.17, 15) is 0 Å². The summed E-state index contributed by atoms with van der Waals surface area (Å²) in [6.45, 7) is 0. The first-order chi connectivity index (χ1) is 28.2. The van der Waals surface area contributed by atoms with Crippen molar-refractivity contribution < 1.29 is 0 Å². The van der Waals surface area contributed by atoms with Crippen molar-refractivity contribution in [2.45, 2.75) is 0 Å². The van der Waals surface area contributed by atoms with Crippen LogP contribution >= 0.6 is 0 Å². The van der Waals surface area contributed by atoms with Crippen LogP contribution in [-0.4, -0.2) is 19.7 Å². The maximum absolute atomic E-state index is 5.38. The van der Waals surface area contributed by atoms with E-state index in [1.54, 1.807) is 0 Å². The highest BCUT2D eigenvalue weighted by atomic mass is 15.3. The number of nitrogens with zero attached hydrogens (tertiary/aromatic N) is 4. The second kappa shape index (κ2) is 13.6. The normalized spacial score (nSPS) is 11.5. The van der Waals surface area contributed by atoms with Gasteiger partial charge in [0.25, 0.3) is 0 Å². The summed E-state index contributed by atoms with van der Waals surface area (Å²) >= 11 is 0. The second-order valence-corrected chi connectivity index (χ2v) is 14.5. The Hall–Kier alpha value is -7.69. The SMILES string of the molecule is c1ccc(-c2ccc3ccc4ccc(-c5ccc(-c6ccc(-n7nc(-c8ccccc8)c8c(-c9ccccc9)cc9ccccc9c87)cc6)cc5)nc4c3n2)cc1. The zero-order valence-corrected chi connectivity index (χ0v) is 30.9. The summed E-state index contributed by atoms with van der Waals surface area (Å²) < 4.78 is 2.13. The van der Waals surface area contributed by atoms with Crippen LogP contribution in [0.1, 0.15) is 0 Å². The smallest absolute Gasteiger partial charge is 0.101 e. The molecule has 11 aromatic rings. The van der Waals surface area contributed by atoms with Gasteiger partial charge in [0.2, 0.25) is 0 Å². The van der Waals surface area contributed by atoms with Crippen molar-refractivity contribution in [2.24, 2.45) is 0 Å². The Kier molecular flexibility index (Phi) is 7.78. The Labute approximate surface area is 330 Å². The van der Waals surface area contributed by atoms with Gasteiger partial charge in [0, 0.05) is 38.2 Å². The summed E-state index contributed by atoms with van der Waals surface area (Å²) in [5.74, 6) is 0. The van der Waals surface area contributed by atoms with Gasteiger partial charge in [-0.05, 0) is 58.0 Å². The first kappa shape index (κ1) is 32.7. The lowest BCUT2D eigenvalue weighted by Gasteiger charge is -2.11. The third-order valence-corrected chi connectivity index (χ3v) is 11.0. The number of fused-ring (bicyclic) bond motifs is 6. The number of pyridine rings is 2. The van der Waals surface area contributed by atoms with E-state index >= 15 is 0 Å². The molecule has 0 aliphatic carbocycles. The third kappa shape index (κ3) is 5.74. The summed E-state index contributed by atoms with van der Waals surface area (Å²) in [6.07, 6.45) is 0. The molecule has 57 heavy (non-hydrogen) atoms. The highest BCUT2D eigenvalue weighted by molar-refractivity contribution is 6.17. The van der Waals surface area contributed by atoms with Crippen LogP contribution in [-0.2, 0) is 0 Å². The van der Waals surface area contributed by atoms with E-state index in [2.05, 4.69) is 193 Å². The zero-order valence-electron chi connectivity index (χ0n) is 30.9. The predicted molar refractivity (Wildman–Crippen MR) is 236 cm³/mol. The van der Waals surface area contributed by atoms with E-state index in [0.29, 0.717) is 0 Å². The zero-order chi connectivity index (χ0) is 37.7. The predicted octanol–water partition coefficient (Wildman–Crippen LogP) is 13.6. The Bertz CT molecular complexity index is 3240.